The molecule has 0 radical (unpaired) electrons. The molecule has 3 atom stereocenters. The van der Waals surface area contributed by atoms with Gasteiger partial charge >= 0.3 is 0 Å². The first kappa shape index (κ1) is 26.8. The van der Waals surface area contributed by atoms with Gasteiger partial charge in [0, 0.05) is 16.6 Å². The lowest BCUT2D eigenvalue weighted by atomic mass is 9.44. The highest BCUT2D eigenvalue weighted by atomic mass is 16.3. The summed E-state index contributed by atoms with van der Waals surface area (Å²) in [4.78, 5) is 41.0. The van der Waals surface area contributed by atoms with Crippen LogP contribution in [0.3, 0.4) is 0 Å². The van der Waals surface area contributed by atoms with E-state index in [4.69, 9.17) is 0 Å². The molecule has 0 saturated heterocycles. The van der Waals surface area contributed by atoms with Gasteiger partial charge in [-0.3, -0.25) is 14.4 Å². The van der Waals surface area contributed by atoms with E-state index in [0.29, 0.717) is 30.8 Å². The summed E-state index contributed by atoms with van der Waals surface area (Å²) in [5, 5.41) is 12.0. The molecular formula is C34H42O4. The molecule has 3 unspecified atom stereocenters. The van der Waals surface area contributed by atoms with E-state index in [-0.39, 0.29) is 34.6 Å². The highest BCUT2D eigenvalue weighted by molar-refractivity contribution is 6.24. The van der Waals surface area contributed by atoms with Gasteiger partial charge in [0.15, 0.2) is 17.3 Å². The number of carbonyl (C=O) groups excluding carboxylic acids is 3. The average Bonchev–Trinajstić information content (AvgIpc) is 3.30. The van der Waals surface area contributed by atoms with Gasteiger partial charge in [-0.2, -0.15) is 0 Å². The van der Waals surface area contributed by atoms with Crippen LogP contribution in [-0.4, -0.2) is 22.5 Å². The summed E-state index contributed by atoms with van der Waals surface area (Å²) < 4.78 is 0. The van der Waals surface area contributed by atoms with E-state index in [1.54, 1.807) is 6.92 Å². The molecule has 1 N–H and O–H groups in total. The van der Waals surface area contributed by atoms with Crippen molar-refractivity contribution in [2.24, 2.45) is 22.2 Å². The Labute approximate surface area is 227 Å². The molecule has 4 heteroatoms. The van der Waals surface area contributed by atoms with E-state index < -0.39 is 16.2 Å². The fourth-order valence-electron chi connectivity index (χ4n) is 8.48. The van der Waals surface area contributed by atoms with E-state index in [2.05, 4.69) is 52.8 Å². The largest absolute Gasteiger partial charge is 0.511 e. The zero-order valence-corrected chi connectivity index (χ0v) is 24.3. The standard InChI is InChI=1S/C34H42O4/c1-18(2)24-14-23(13-22-11-9-10-12-22)20(4)27-25(24)16-32(6)17-33(7)15-19(3)26(21(5)35)30(37)34(33,8)31(38)28(32)29(27)36/h9-10,14,18,22,38H,11-13,15-17H2,1-8H3. The number of rotatable bonds is 4. The molecule has 0 saturated carbocycles. The van der Waals surface area contributed by atoms with Crippen LogP contribution in [0.4, 0.5) is 0 Å². The zero-order valence-electron chi connectivity index (χ0n) is 24.3. The van der Waals surface area contributed by atoms with Crippen LogP contribution in [0.1, 0.15) is 113 Å². The average molecular weight is 515 g/mol. The molecule has 4 aliphatic carbocycles. The molecule has 4 nitrogen and oxygen atoms in total. The molecular weight excluding hydrogens is 472 g/mol. The van der Waals surface area contributed by atoms with Gasteiger partial charge in [0.25, 0.3) is 0 Å². The summed E-state index contributed by atoms with van der Waals surface area (Å²) in [6.45, 7) is 15.6. The van der Waals surface area contributed by atoms with Crippen molar-refractivity contribution >= 4 is 17.3 Å². The van der Waals surface area contributed by atoms with Crippen molar-refractivity contribution in [1.82, 2.24) is 0 Å². The van der Waals surface area contributed by atoms with Crippen molar-refractivity contribution in [2.45, 2.75) is 99.8 Å². The van der Waals surface area contributed by atoms with E-state index in [0.717, 1.165) is 41.5 Å². The van der Waals surface area contributed by atoms with Crippen LogP contribution in [0.25, 0.3) is 0 Å². The highest BCUT2D eigenvalue weighted by Gasteiger charge is 2.65. The number of aliphatic hydroxyl groups excluding tert-OH is 1. The first-order chi connectivity index (χ1) is 17.7. The maximum absolute atomic E-state index is 14.5. The molecule has 0 amide bonds. The van der Waals surface area contributed by atoms with Gasteiger partial charge in [0.2, 0.25) is 0 Å². The van der Waals surface area contributed by atoms with Crippen molar-refractivity contribution in [1.29, 1.82) is 0 Å². The number of hydrogen-bond acceptors (Lipinski definition) is 4. The van der Waals surface area contributed by atoms with Gasteiger partial charge < -0.3 is 5.11 Å². The minimum Gasteiger partial charge on any atom is -0.511 e. The molecule has 0 heterocycles. The minimum absolute atomic E-state index is 0.114. The predicted molar refractivity (Wildman–Crippen MR) is 150 cm³/mol. The molecule has 0 aliphatic heterocycles. The zero-order chi connectivity index (χ0) is 27.9. The van der Waals surface area contributed by atoms with E-state index in [1.807, 2.05) is 6.92 Å². The Kier molecular flexibility index (Phi) is 6.09. The first-order valence-electron chi connectivity index (χ1n) is 14.2. The molecule has 0 bridgehead atoms. The van der Waals surface area contributed by atoms with Gasteiger partial charge in [0.1, 0.15) is 5.76 Å². The summed E-state index contributed by atoms with van der Waals surface area (Å²) in [5.41, 5.74) is 4.16. The van der Waals surface area contributed by atoms with Gasteiger partial charge in [-0.05, 0) is 106 Å². The topological polar surface area (TPSA) is 71.4 Å². The summed E-state index contributed by atoms with van der Waals surface area (Å²) in [6.07, 6.45) is 9.36. The number of allylic oxidation sites excluding steroid dienone is 6. The van der Waals surface area contributed by atoms with Crippen molar-refractivity contribution in [2.75, 3.05) is 0 Å². The minimum atomic E-state index is -1.31. The first-order valence-corrected chi connectivity index (χ1v) is 14.2. The van der Waals surface area contributed by atoms with Crippen LogP contribution in [0.5, 0.6) is 0 Å². The predicted octanol–water partition coefficient (Wildman–Crippen LogP) is 7.48. The fraction of sp³-hybridized carbons (Fsp3) is 0.559. The summed E-state index contributed by atoms with van der Waals surface area (Å²) >= 11 is 0. The second-order valence-electron chi connectivity index (χ2n) is 13.6. The van der Waals surface area contributed by atoms with Crippen LogP contribution >= 0.6 is 0 Å². The second-order valence-corrected chi connectivity index (χ2v) is 13.6. The number of aliphatic hydroxyl groups is 1. The van der Waals surface area contributed by atoms with Crippen LogP contribution < -0.4 is 0 Å². The lowest BCUT2D eigenvalue weighted by Crippen LogP contribution is -2.57. The SMILES string of the molecule is CC(=O)C1=C(C)CC2(C)CC3(C)Cc4c(C(C)C)cc(CC5CC=CC5)c(C)c4C(=O)C3=C(O)C2(C)C1=O. The number of benzene rings is 1. The van der Waals surface area contributed by atoms with Crippen LogP contribution in [0.15, 0.2) is 40.7 Å². The Morgan fingerprint density at radius 1 is 1.08 bits per heavy atom. The molecule has 0 aromatic heterocycles. The maximum atomic E-state index is 14.5. The summed E-state index contributed by atoms with van der Waals surface area (Å²) in [5.74, 6) is -0.0446. The lowest BCUT2D eigenvalue weighted by Gasteiger charge is -2.58. The third-order valence-electron chi connectivity index (χ3n) is 10.5. The molecule has 4 aliphatic rings. The van der Waals surface area contributed by atoms with E-state index >= 15 is 0 Å². The quantitative estimate of drug-likeness (QED) is 0.334. The van der Waals surface area contributed by atoms with Gasteiger partial charge in [-0.1, -0.05) is 51.5 Å². The van der Waals surface area contributed by atoms with Gasteiger partial charge in [-0.25, -0.2) is 0 Å². The van der Waals surface area contributed by atoms with Gasteiger partial charge in [-0.15, -0.1) is 0 Å². The van der Waals surface area contributed by atoms with Crippen molar-refractivity contribution in [3.05, 3.63) is 68.5 Å². The second kappa shape index (κ2) is 8.63. The van der Waals surface area contributed by atoms with Crippen molar-refractivity contribution in [3.63, 3.8) is 0 Å². The van der Waals surface area contributed by atoms with Gasteiger partial charge in [0.05, 0.1) is 11.0 Å². The smallest absolute Gasteiger partial charge is 0.193 e. The number of fused-ring (bicyclic) bond motifs is 3. The number of hydrogen-bond donors (Lipinski definition) is 1. The van der Waals surface area contributed by atoms with Crippen molar-refractivity contribution < 1.29 is 19.5 Å². The number of ketones is 3. The Bertz CT molecular complexity index is 1380. The molecule has 38 heavy (non-hydrogen) atoms. The highest BCUT2D eigenvalue weighted by Crippen LogP contribution is 2.66. The number of Topliss-reactive ketones (excluding diaryl/α,β-unsaturated/α-hetero) is 3. The maximum Gasteiger partial charge on any atom is 0.193 e. The van der Waals surface area contributed by atoms with E-state index in [9.17, 15) is 19.5 Å². The van der Waals surface area contributed by atoms with Crippen molar-refractivity contribution in [3.8, 4) is 0 Å². The molecule has 1 aromatic carbocycles. The molecule has 202 valence electrons. The Hall–Kier alpha value is -2.75. The number of carbonyl (C=O) groups is 3. The third-order valence-corrected chi connectivity index (χ3v) is 10.5. The fourth-order valence-corrected chi connectivity index (χ4v) is 8.48. The Morgan fingerprint density at radius 3 is 2.29 bits per heavy atom. The molecule has 0 fully saturated rings. The van der Waals surface area contributed by atoms with Crippen LogP contribution in [0.2, 0.25) is 0 Å². The monoisotopic (exact) mass is 514 g/mol. The summed E-state index contributed by atoms with van der Waals surface area (Å²) in [7, 11) is 0. The van der Waals surface area contributed by atoms with E-state index in [1.165, 1.54) is 18.1 Å². The normalized spacial score (nSPS) is 31.2. The Balaban J connectivity index is 1.73. The van der Waals surface area contributed by atoms with Crippen LogP contribution in [0, 0.1) is 29.1 Å². The lowest BCUT2D eigenvalue weighted by molar-refractivity contribution is -0.137. The molecule has 1 aromatic rings. The molecule has 5 rings (SSSR count). The van der Waals surface area contributed by atoms with Crippen LogP contribution in [-0.2, 0) is 22.4 Å². The Morgan fingerprint density at radius 2 is 1.71 bits per heavy atom. The molecule has 0 spiro atoms. The summed E-state index contributed by atoms with van der Waals surface area (Å²) in [6, 6.07) is 2.34. The third kappa shape index (κ3) is 3.51.